The quantitative estimate of drug-likeness (QED) is 0.713. The monoisotopic (exact) mass is 365 g/mol. The number of rotatable bonds is 4. The molecule has 0 atom stereocenters. The summed E-state index contributed by atoms with van der Waals surface area (Å²) in [7, 11) is 3.04. The molecule has 0 spiro atoms. The van der Waals surface area contributed by atoms with Gasteiger partial charge in [-0.05, 0) is 59.7 Å². The van der Waals surface area contributed by atoms with Gasteiger partial charge in [0.15, 0.2) is 0 Å². The number of benzene rings is 2. The summed E-state index contributed by atoms with van der Waals surface area (Å²) in [5.74, 6) is -1.08. The third-order valence-electron chi connectivity index (χ3n) is 2.65. The van der Waals surface area contributed by atoms with Crippen molar-refractivity contribution in [3.05, 3.63) is 59.7 Å². The number of methoxy groups -OCH3 is 2. The van der Waals surface area contributed by atoms with Gasteiger partial charge < -0.3 is 29.3 Å². The van der Waals surface area contributed by atoms with Gasteiger partial charge in [-0.15, -0.1) is 0 Å². The van der Waals surface area contributed by atoms with Crippen LogP contribution in [0.3, 0.4) is 0 Å². The van der Waals surface area contributed by atoms with Crippen molar-refractivity contribution in [3.63, 3.8) is 0 Å². The Morgan fingerprint density at radius 2 is 0.957 bits per heavy atom. The molecule has 0 aliphatic heterocycles. The van der Waals surface area contributed by atoms with E-state index in [4.69, 9.17) is 9.47 Å². The minimum atomic E-state index is -1.17. The number of carboxylic acid groups (broad SMARTS) is 2. The van der Waals surface area contributed by atoms with E-state index < -0.39 is 11.9 Å². The van der Waals surface area contributed by atoms with Gasteiger partial charge in [0.1, 0.15) is 11.5 Å². The van der Waals surface area contributed by atoms with Gasteiger partial charge >= 0.3 is 17.1 Å². The molecule has 23 heavy (non-hydrogen) atoms. The zero-order valence-electron chi connectivity index (χ0n) is 12.4. The van der Waals surface area contributed by atoms with Gasteiger partial charge in [0.05, 0.1) is 26.2 Å². The van der Waals surface area contributed by atoms with Crippen molar-refractivity contribution in [2.24, 2.45) is 0 Å². The van der Waals surface area contributed by atoms with E-state index in [1.54, 1.807) is 24.3 Å². The molecular weight excluding hydrogens is 352 g/mol. The van der Waals surface area contributed by atoms with Crippen LogP contribution in [0, 0.1) is 0 Å². The minimum absolute atomic E-state index is 0. The largest absolute Gasteiger partial charge is 2.00 e. The second kappa shape index (κ2) is 10.3. The zero-order chi connectivity index (χ0) is 16.5. The van der Waals surface area contributed by atoms with Crippen molar-refractivity contribution >= 4 is 11.9 Å². The summed E-state index contributed by atoms with van der Waals surface area (Å²) in [5.41, 5.74) is 0.316. The molecule has 0 aromatic heterocycles. The molecule has 0 unspecified atom stereocenters. The first-order chi connectivity index (χ1) is 10.5. The number of aromatic carboxylic acids is 2. The van der Waals surface area contributed by atoms with E-state index in [1.165, 1.54) is 38.5 Å². The molecule has 0 aliphatic rings. The van der Waals surface area contributed by atoms with Gasteiger partial charge in [-0.3, -0.25) is 0 Å². The summed E-state index contributed by atoms with van der Waals surface area (Å²) < 4.78 is 9.67. The van der Waals surface area contributed by atoms with Crippen LogP contribution in [0.1, 0.15) is 20.7 Å². The van der Waals surface area contributed by atoms with E-state index in [0.29, 0.717) is 11.5 Å². The Hall–Kier alpha value is -2.50. The van der Waals surface area contributed by atoms with Crippen LogP contribution in [0.25, 0.3) is 0 Å². The molecule has 0 heterocycles. The molecule has 1 radical (unpaired) electrons. The van der Waals surface area contributed by atoms with E-state index in [9.17, 15) is 19.8 Å². The first-order valence-electron chi connectivity index (χ1n) is 6.18. The molecule has 0 saturated carbocycles. The molecule has 2 aromatic rings. The van der Waals surface area contributed by atoms with Gasteiger partial charge in [-0.1, -0.05) is 0 Å². The normalized spacial score (nSPS) is 8.78. The van der Waals surface area contributed by atoms with E-state index >= 15 is 0 Å². The second-order valence-corrected chi connectivity index (χ2v) is 4.03. The Morgan fingerprint density at radius 3 is 1.13 bits per heavy atom. The Kier molecular flexibility index (Phi) is 9.15. The first-order valence-corrected chi connectivity index (χ1v) is 6.18. The number of ether oxygens (including phenoxy) is 2. The maximum absolute atomic E-state index is 10.2. The number of carboxylic acids is 2. The summed E-state index contributed by atoms with van der Waals surface area (Å²) in [6.45, 7) is 0. The number of hydrogen-bond donors (Lipinski definition) is 0. The zero-order valence-corrected chi connectivity index (χ0v) is 13.3. The summed E-state index contributed by atoms with van der Waals surface area (Å²) in [6, 6.07) is 12.1. The van der Waals surface area contributed by atoms with Crippen LogP contribution in [0.2, 0.25) is 0 Å². The van der Waals surface area contributed by atoms with Gasteiger partial charge in [0.2, 0.25) is 0 Å². The third-order valence-corrected chi connectivity index (χ3v) is 2.65. The van der Waals surface area contributed by atoms with Crippen molar-refractivity contribution < 1.29 is 46.3 Å². The van der Waals surface area contributed by atoms with Gasteiger partial charge in [0.25, 0.3) is 0 Å². The molecule has 0 fully saturated rings. The molecule has 0 N–H and O–H groups in total. The fourth-order valence-corrected chi connectivity index (χ4v) is 1.45. The fourth-order valence-electron chi connectivity index (χ4n) is 1.45. The van der Waals surface area contributed by atoms with Crippen LogP contribution in [-0.4, -0.2) is 26.2 Å². The molecule has 125 valence electrons. The van der Waals surface area contributed by atoms with Crippen molar-refractivity contribution in [3.8, 4) is 11.5 Å². The summed E-state index contributed by atoms with van der Waals surface area (Å²) in [6.07, 6.45) is 0. The van der Waals surface area contributed by atoms with Crippen molar-refractivity contribution in [2.45, 2.75) is 0 Å². The maximum Gasteiger partial charge on any atom is 2.00 e. The Labute approximate surface area is 144 Å². The van der Waals surface area contributed by atoms with Crippen LogP contribution < -0.4 is 19.7 Å². The number of carbonyl (C=O) groups is 2. The Morgan fingerprint density at radius 1 is 0.696 bits per heavy atom. The number of hydrogen-bond acceptors (Lipinski definition) is 6. The van der Waals surface area contributed by atoms with Gasteiger partial charge in [0, 0.05) is 0 Å². The maximum atomic E-state index is 10.2. The van der Waals surface area contributed by atoms with Gasteiger partial charge in [-0.2, -0.15) is 0 Å². The molecule has 2 aromatic carbocycles. The Balaban J connectivity index is 0.000000403. The summed E-state index contributed by atoms with van der Waals surface area (Å²) in [5, 5.41) is 20.5. The summed E-state index contributed by atoms with van der Waals surface area (Å²) >= 11 is 0. The molecule has 0 saturated heterocycles. The first kappa shape index (κ1) is 20.5. The molecule has 6 nitrogen and oxygen atoms in total. The van der Waals surface area contributed by atoms with Crippen molar-refractivity contribution in [1.29, 1.82) is 0 Å². The smallest absolute Gasteiger partial charge is 0.545 e. The van der Waals surface area contributed by atoms with Crippen LogP contribution in [0.4, 0.5) is 0 Å². The fraction of sp³-hybridized carbons (Fsp3) is 0.125. The molecule has 7 heteroatoms. The second-order valence-electron chi connectivity index (χ2n) is 4.03. The van der Waals surface area contributed by atoms with Crippen LogP contribution in [0.15, 0.2) is 48.5 Å². The SMILES string of the molecule is COc1ccc(C(=O)[O-])cc1.COc1ccc(C(=O)[O-])cc1.[Cu+2]. The van der Waals surface area contributed by atoms with Crippen molar-refractivity contribution in [2.75, 3.05) is 14.2 Å². The van der Waals surface area contributed by atoms with Crippen molar-refractivity contribution in [1.82, 2.24) is 0 Å². The molecular formula is C16H14CuO6. The molecule has 0 aliphatic carbocycles. The standard InChI is InChI=1S/2C8H8O3.Cu/c2*1-11-7-4-2-6(3-5-7)8(9)10;/h2*2-5H,1H3,(H,9,10);/q;;+2/p-2. The van der Waals surface area contributed by atoms with Gasteiger partial charge in [-0.25, -0.2) is 0 Å². The van der Waals surface area contributed by atoms with E-state index in [2.05, 4.69) is 0 Å². The molecule has 0 amide bonds. The molecule has 2 rings (SSSR count). The van der Waals surface area contributed by atoms with E-state index in [0.717, 1.165) is 0 Å². The average molecular weight is 366 g/mol. The predicted octanol–water partition coefficient (Wildman–Crippen LogP) is 0.115. The summed E-state index contributed by atoms with van der Waals surface area (Å²) in [4.78, 5) is 20.5. The third kappa shape index (κ3) is 6.86. The van der Waals surface area contributed by atoms with E-state index in [1.807, 2.05) is 0 Å². The average Bonchev–Trinajstić information content (AvgIpc) is 2.55. The number of carbonyl (C=O) groups excluding carboxylic acids is 2. The van der Waals surface area contributed by atoms with E-state index in [-0.39, 0.29) is 28.2 Å². The van der Waals surface area contributed by atoms with Crippen LogP contribution in [-0.2, 0) is 17.1 Å². The Bertz CT molecular complexity index is 565. The topological polar surface area (TPSA) is 98.7 Å². The predicted molar refractivity (Wildman–Crippen MR) is 74.6 cm³/mol. The molecule has 0 bridgehead atoms. The minimum Gasteiger partial charge on any atom is -0.545 e. The van der Waals surface area contributed by atoms with Crippen LogP contribution >= 0.6 is 0 Å². The van der Waals surface area contributed by atoms with Crippen LogP contribution in [0.5, 0.6) is 11.5 Å².